The third-order valence-electron chi connectivity index (χ3n) is 5.60. The molecular formula is C22H23N3O4. The van der Waals surface area contributed by atoms with Gasteiger partial charge in [0.05, 0.1) is 24.0 Å². The molecule has 0 N–H and O–H groups in total. The summed E-state index contributed by atoms with van der Waals surface area (Å²) in [5.41, 5.74) is 1.13. The van der Waals surface area contributed by atoms with Gasteiger partial charge in [0.2, 0.25) is 11.7 Å². The summed E-state index contributed by atoms with van der Waals surface area (Å²) in [6, 6.07) is 8.95. The van der Waals surface area contributed by atoms with Gasteiger partial charge < -0.3 is 14.2 Å². The molecule has 7 heteroatoms. The lowest BCUT2D eigenvalue weighted by Crippen LogP contribution is -2.45. The number of esters is 1. The van der Waals surface area contributed by atoms with Crippen molar-refractivity contribution in [2.24, 2.45) is 0 Å². The maximum Gasteiger partial charge on any atom is 0.350 e. The van der Waals surface area contributed by atoms with Crippen LogP contribution in [0.4, 0.5) is 0 Å². The molecule has 3 aliphatic rings. The summed E-state index contributed by atoms with van der Waals surface area (Å²) in [6.07, 6.45) is 5.41. The summed E-state index contributed by atoms with van der Waals surface area (Å²) in [5.74, 6) is 0.677. The molecule has 150 valence electrons. The van der Waals surface area contributed by atoms with E-state index in [0.717, 1.165) is 18.5 Å². The number of ether oxygens (including phenoxy) is 3. The first-order chi connectivity index (χ1) is 13.9. The van der Waals surface area contributed by atoms with Crippen LogP contribution in [0.3, 0.4) is 0 Å². The van der Waals surface area contributed by atoms with Crippen molar-refractivity contribution < 1.29 is 19.0 Å². The van der Waals surface area contributed by atoms with Gasteiger partial charge in [-0.05, 0) is 45.7 Å². The van der Waals surface area contributed by atoms with Crippen LogP contribution in [0.15, 0.2) is 42.7 Å². The van der Waals surface area contributed by atoms with Crippen LogP contribution >= 0.6 is 0 Å². The summed E-state index contributed by atoms with van der Waals surface area (Å²) in [5, 5.41) is 0. The van der Waals surface area contributed by atoms with E-state index in [-0.39, 0.29) is 28.6 Å². The molecule has 7 nitrogen and oxygen atoms in total. The number of benzene rings is 1. The van der Waals surface area contributed by atoms with Crippen molar-refractivity contribution in [2.75, 3.05) is 6.61 Å². The topological polar surface area (TPSA) is 75.0 Å². The third-order valence-corrected chi connectivity index (χ3v) is 5.60. The molecule has 6 rings (SSSR count). The lowest BCUT2D eigenvalue weighted by atomic mass is 9.62. The number of para-hydroxylation sites is 1. The first-order valence-corrected chi connectivity index (χ1v) is 9.84. The summed E-state index contributed by atoms with van der Waals surface area (Å²) < 4.78 is 19.0. The Hall–Kier alpha value is -2.93. The minimum atomic E-state index is -0.518. The van der Waals surface area contributed by atoms with E-state index >= 15 is 0 Å². The van der Waals surface area contributed by atoms with Crippen LogP contribution in [-0.2, 0) is 10.2 Å². The van der Waals surface area contributed by atoms with Crippen LogP contribution in [0.2, 0.25) is 0 Å². The van der Waals surface area contributed by atoms with Gasteiger partial charge in [-0.1, -0.05) is 18.2 Å². The Kier molecular flexibility index (Phi) is 3.93. The number of aromatic nitrogens is 3. The predicted molar refractivity (Wildman–Crippen MR) is 105 cm³/mol. The summed E-state index contributed by atoms with van der Waals surface area (Å²) in [4.78, 5) is 22.1. The molecular weight excluding hydrogens is 370 g/mol. The predicted octanol–water partition coefficient (Wildman–Crippen LogP) is 3.56. The van der Waals surface area contributed by atoms with E-state index in [0.29, 0.717) is 18.1 Å². The molecule has 1 aliphatic carbocycles. The largest absolute Gasteiger partial charge is 0.474 e. The molecule has 0 amide bonds. The molecule has 3 aromatic rings. The van der Waals surface area contributed by atoms with Crippen LogP contribution in [0, 0.1) is 0 Å². The Bertz CT molecular complexity index is 1080. The zero-order valence-corrected chi connectivity index (χ0v) is 16.7. The second-order valence-electron chi connectivity index (χ2n) is 8.53. The second-order valence-corrected chi connectivity index (χ2v) is 8.53. The van der Waals surface area contributed by atoms with E-state index in [9.17, 15) is 4.79 Å². The zero-order chi connectivity index (χ0) is 20.2. The smallest absolute Gasteiger partial charge is 0.350 e. The van der Waals surface area contributed by atoms with Gasteiger partial charge in [0, 0.05) is 17.8 Å². The summed E-state index contributed by atoms with van der Waals surface area (Å²) >= 11 is 0. The first-order valence-electron chi connectivity index (χ1n) is 9.84. The summed E-state index contributed by atoms with van der Waals surface area (Å²) in [6.45, 7) is 6.59. The highest BCUT2D eigenvalue weighted by molar-refractivity contribution is 5.93. The number of hydrogen-bond donors (Lipinski definition) is 0. The van der Waals surface area contributed by atoms with Gasteiger partial charge >= 0.3 is 5.97 Å². The Morgan fingerprint density at radius 2 is 1.93 bits per heavy atom. The molecule has 2 saturated heterocycles. The van der Waals surface area contributed by atoms with Crippen LogP contribution in [-0.4, -0.2) is 38.6 Å². The highest BCUT2D eigenvalue weighted by Gasteiger charge is 2.61. The lowest BCUT2D eigenvalue weighted by Gasteiger charge is -2.41. The maximum absolute atomic E-state index is 12.8. The van der Waals surface area contributed by atoms with E-state index in [1.54, 1.807) is 22.7 Å². The fraction of sp³-hybridized carbons (Fsp3) is 0.409. The number of nitrogens with zero attached hydrogens (tertiary/aromatic N) is 3. The van der Waals surface area contributed by atoms with Crippen molar-refractivity contribution in [1.29, 1.82) is 0 Å². The molecule has 0 unspecified atom stereocenters. The third kappa shape index (κ3) is 3.06. The van der Waals surface area contributed by atoms with Crippen LogP contribution in [0.25, 0.3) is 5.78 Å². The quantitative estimate of drug-likeness (QED) is 0.487. The zero-order valence-electron chi connectivity index (χ0n) is 16.7. The summed E-state index contributed by atoms with van der Waals surface area (Å²) in [7, 11) is 0. The molecule has 4 heterocycles. The molecule has 0 spiro atoms. The van der Waals surface area contributed by atoms with Crippen molar-refractivity contribution in [1.82, 2.24) is 14.4 Å². The van der Waals surface area contributed by atoms with Crippen molar-refractivity contribution >= 4 is 11.7 Å². The monoisotopic (exact) mass is 393 g/mol. The lowest BCUT2D eigenvalue weighted by molar-refractivity contribution is 0.0154. The number of hydrogen-bond acceptors (Lipinski definition) is 6. The highest BCUT2D eigenvalue weighted by Crippen LogP contribution is 2.58. The van der Waals surface area contributed by atoms with Gasteiger partial charge in [-0.25, -0.2) is 9.78 Å². The van der Waals surface area contributed by atoms with Gasteiger partial charge in [-0.2, -0.15) is 4.98 Å². The molecule has 0 atom stereocenters. The Balaban J connectivity index is 1.52. The molecule has 29 heavy (non-hydrogen) atoms. The molecule has 1 aromatic carbocycles. The maximum atomic E-state index is 12.8. The minimum absolute atomic E-state index is 0.0280. The fourth-order valence-electron chi connectivity index (χ4n) is 4.42. The van der Waals surface area contributed by atoms with E-state index in [4.69, 9.17) is 19.2 Å². The van der Waals surface area contributed by atoms with E-state index < -0.39 is 5.97 Å². The SMILES string of the molecule is CC(C)Oc1nc2nc(C34COC(C)(C3)C4)cn2cc1C(=O)Oc1ccccc1. The first kappa shape index (κ1) is 18.1. The number of rotatable bonds is 5. The number of fused-ring (bicyclic) bond motifs is 2. The average molecular weight is 393 g/mol. The van der Waals surface area contributed by atoms with Crippen LogP contribution in [0.5, 0.6) is 11.6 Å². The Morgan fingerprint density at radius 1 is 1.17 bits per heavy atom. The van der Waals surface area contributed by atoms with Crippen molar-refractivity contribution in [3.05, 3.63) is 54.0 Å². The fourth-order valence-corrected chi connectivity index (χ4v) is 4.42. The van der Waals surface area contributed by atoms with Gasteiger partial charge in [0.15, 0.2) is 0 Å². The number of imidazole rings is 1. The van der Waals surface area contributed by atoms with Crippen LogP contribution in [0.1, 0.15) is 49.7 Å². The standard InChI is InChI=1S/C22H23N3O4/c1-14(2)28-18-16(19(26)29-15-7-5-4-6-8-15)9-25-10-17(23-20(25)24-18)22-11-21(3,12-22)27-13-22/h4-10,14H,11-13H2,1-3H3. The van der Waals surface area contributed by atoms with E-state index in [1.807, 2.05) is 38.2 Å². The van der Waals surface area contributed by atoms with Crippen molar-refractivity contribution in [2.45, 2.75) is 50.7 Å². The number of carbonyl (C=O) groups is 1. The molecule has 2 aromatic heterocycles. The average Bonchev–Trinajstić information content (AvgIpc) is 3.31. The molecule has 2 aliphatic heterocycles. The van der Waals surface area contributed by atoms with Gasteiger partial charge in [0.1, 0.15) is 11.3 Å². The van der Waals surface area contributed by atoms with Gasteiger partial charge in [-0.15, -0.1) is 0 Å². The van der Waals surface area contributed by atoms with E-state index in [2.05, 4.69) is 11.9 Å². The molecule has 2 bridgehead atoms. The normalized spacial score (nSPS) is 25.2. The molecule has 3 fully saturated rings. The molecule has 0 radical (unpaired) electrons. The van der Waals surface area contributed by atoms with Crippen LogP contribution < -0.4 is 9.47 Å². The van der Waals surface area contributed by atoms with Crippen molar-refractivity contribution in [3.63, 3.8) is 0 Å². The Morgan fingerprint density at radius 3 is 2.59 bits per heavy atom. The van der Waals surface area contributed by atoms with E-state index in [1.165, 1.54) is 0 Å². The minimum Gasteiger partial charge on any atom is -0.474 e. The second kappa shape index (κ2) is 6.29. The van der Waals surface area contributed by atoms with Gasteiger partial charge in [-0.3, -0.25) is 4.40 Å². The number of carbonyl (C=O) groups excluding carboxylic acids is 1. The Labute approximate surface area is 168 Å². The van der Waals surface area contributed by atoms with Crippen molar-refractivity contribution in [3.8, 4) is 11.6 Å². The molecule has 1 saturated carbocycles. The van der Waals surface area contributed by atoms with Gasteiger partial charge in [0.25, 0.3) is 0 Å². The highest BCUT2D eigenvalue weighted by atomic mass is 16.5.